The Morgan fingerprint density at radius 3 is 2.31 bits per heavy atom. The third-order valence-corrected chi connectivity index (χ3v) is 4.45. The van der Waals surface area contributed by atoms with E-state index in [1.54, 1.807) is 59.5 Å². The van der Waals surface area contributed by atoms with Crippen LogP contribution < -0.4 is 5.32 Å². The van der Waals surface area contributed by atoms with Gasteiger partial charge in [-0.25, -0.2) is 9.67 Å². The molecule has 1 heterocycles. The number of amides is 1. The standard InChI is InChI=1S/C23H18N4O2/c28-22(18-5-2-1-3-6-18)20-7-4-8-21(13-20)26-23(29)19-11-9-17(10-12-19)14-27-16-24-15-25-27/h1-13,15-16H,14H2,(H,26,29). The van der Waals surface area contributed by atoms with Crippen LogP contribution in [0.15, 0.2) is 91.5 Å². The fraction of sp³-hybridized carbons (Fsp3) is 0.0435. The number of hydrogen-bond donors (Lipinski definition) is 1. The van der Waals surface area contributed by atoms with Crippen LogP contribution in [0.5, 0.6) is 0 Å². The molecule has 0 saturated carbocycles. The minimum Gasteiger partial charge on any atom is -0.322 e. The van der Waals surface area contributed by atoms with Gasteiger partial charge in [-0.1, -0.05) is 54.6 Å². The van der Waals surface area contributed by atoms with Crippen LogP contribution in [-0.2, 0) is 6.54 Å². The van der Waals surface area contributed by atoms with Crippen LogP contribution in [0.25, 0.3) is 0 Å². The molecule has 1 N–H and O–H groups in total. The summed E-state index contributed by atoms with van der Waals surface area (Å²) in [6, 6.07) is 23.3. The SMILES string of the molecule is O=C(Nc1cccc(C(=O)c2ccccc2)c1)c1ccc(Cn2cncn2)cc1. The van der Waals surface area contributed by atoms with Crippen molar-refractivity contribution in [3.8, 4) is 0 Å². The number of hydrogen-bond acceptors (Lipinski definition) is 4. The van der Waals surface area contributed by atoms with Crippen molar-refractivity contribution in [3.63, 3.8) is 0 Å². The Balaban J connectivity index is 1.45. The Bertz CT molecular complexity index is 1120. The summed E-state index contributed by atoms with van der Waals surface area (Å²) >= 11 is 0. The molecule has 0 radical (unpaired) electrons. The lowest BCUT2D eigenvalue weighted by Crippen LogP contribution is -2.12. The van der Waals surface area contributed by atoms with Gasteiger partial charge >= 0.3 is 0 Å². The van der Waals surface area contributed by atoms with Crippen molar-refractivity contribution in [1.82, 2.24) is 14.8 Å². The van der Waals surface area contributed by atoms with Gasteiger partial charge in [0.15, 0.2) is 5.78 Å². The Morgan fingerprint density at radius 1 is 0.828 bits per heavy atom. The first-order chi connectivity index (χ1) is 14.2. The zero-order valence-electron chi connectivity index (χ0n) is 15.5. The quantitative estimate of drug-likeness (QED) is 0.515. The second-order valence-corrected chi connectivity index (χ2v) is 6.52. The van der Waals surface area contributed by atoms with Crippen LogP contribution >= 0.6 is 0 Å². The Morgan fingerprint density at radius 2 is 1.59 bits per heavy atom. The average Bonchev–Trinajstić information content (AvgIpc) is 3.27. The van der Waals surface area contributed by atoms with Crippen LogP contribution in [0, 0.1) is 0 Å². The molecule has 0 spiro atoms. The van der Waals surface area contributed by atoms with Crippen molar-refractivity contribution in [2.24, 2.45) is 0 Å². The van der Waals surface area contributed by atoms with Crippen LogP contribution in [0.3, 0.4) is 0 Å². The van der Waals surface area contributed by atoms with E-state index in [2.05, 4.69) is 15.4 Å². The van der Waals surface area contributed by atoms with Gasteiger partial charge < -0.3 is 5.32 Å². The van der Waals surface area contributed by atoms with E-state index in [4.69, 9.17) is 0 Å². The highest BCUT2D eigenvalue weighted by Gasteiger charge is 2.11. The molecular formula is C23H18N4O2. The molecular weight excluding hydrogens is 364 g/mol. The van der Waals surface area contributed by atoms with E-state index >= 15 is 0 Å². The van der Waals surface area contributed by atoms with Crippen molar-refractivity contribution < 1.29 is 9.59 Å². The summed E-state index contributed by atoms with van der Waals surface area (Å²) < 4.78 is 1.71. The van der Waals surface area contributed by atoms with Crippen LogP contribution in [0.4, 0.5) is 5.69 Å². The third kappa shape index (κ3) is 4.44. The van der Waals surface area contributed by atoms with Gasteiger partial charge in [-0.2, -0.15) is 5.10 Å². The predicted molar refractivity (Wildman–Crippen MR) is 110 cm³/mol. The molecule has 6 heteroatoms. The first-order valence-electron chi connectivity index (χ1n) is 9.11. The molecule has 1 aromatic heterocycles. The fourth-order valence-electron chi connectivity index (χ4n) is 2.96. The largest absolute Gasteiger partial charge is 0.322 e. The number of anilines is 1. The number of carbonyl (C=O) groups excluding carboxylic acids is 2. The number of aromatic nitrogens is 3. The Kier molecular flexibility index (Phi) is 5.25. The topological polar surface area (TPSA) is 76.9 Å². The van der Waals surface area contributed by atoms with E-state index in [0.29, 0.717) is 28.9 Å². The molecule has 29 heavy (non-hydrogen) atoms. The second kappa shape index (κ2) is 8.31. The molecule has 0 saturated heterocycles. The van der Waals surface area contributed by atoms with Crippen molar-refractivity contribution in [2.75, 3.05) is 5.32 Å². The number of rotatable bonds is 6. The van der Waals surface area contributed by atoms with Crippen LogP contribution in [0.2, 0.25) is 0 Å². The molecule has 1 amide bonds. The van der Waals surface area contributed by atoms with Gasteiger partial charge in [-0.05, 0) is 29.8 Å². The van der Waals surface area contributed by atoms with Crippen LogP contribution in [0.1, 0.15) is 31.8 Å². The Hall–Kier alpha value is -4.06. The van der Waals surface area contributed by atoms with E-state index in [1.165, 1.54) is 6.33 Å². The van der Waals surface area contributed by atoms with E-state index in [9.17, 15) is 9.59 Å². The van der Waals surface area contributed by atoms with E-state index in [-0.39, 0.29) is 11.7 Å². The summed E-state index contributed by atoms with van der Waals surface area (Å²) in [5.41, 5.74) is 3.26. The first kappa shape index (κ1) is 18.3. The lowest BCUT2D eigenvalue weighted by Gasteiger charge is -2.08. The summed E-state index contributed by atoms with van der Waals surface area (Å²) in [5.74, 6) is -0.319. The maximum absolute atomic E-state index is 12.6. The van der Waals surface area contributed by atoms with E-state index < -0.39 is 0 Å². The number of benzene rings is 3. The summed E-state index contributed by atoms with van der Waals surface area (Å²) in [7, 11) is 0. The van der Waals surface area contributed by atoms with E-state index in [0.717, 1.165) is 5.56 Å². The van der Waals surface area contributed by atoms with Gasteiger partial charge in [0, 0.05) is 22.4 Å². The Labute approximate surface area is 167 Å². The highest BCUT2D eigenvalue weighted by atomic mass is 16.1. The molecule has 0 bridgehead atoms. The zero-order valence-corrected chi connectivity index (χ0v) is 15.5. The predicted octanol–water partition coefficient (Wildman–Crippen LogP) is 3.81. The molecule has 0 aliphatic rings. The van der Waals surface area contributed by atoms with Crippen molar-refractivity contribution in [1.29, 1.82) is 0 Å². The molecule has 6 nitrogen and oxygen atoms in total. The maximum Gasteiger partial charge on any atom is 0.255 e. The zero-order chi connectivity index (χ0) is 20.1. The summed E-state index contributed by atoms with van der Waals surface area (Å²) in [6.07, 6.45) is 3.13. The number of ketones is 1. The smallest absolute Gasteiger partial charge is 0.255 e. The summed E-state index contributed by atoms with van der Waals surface area (Å²) in [6.45, 7) is 0.589. The molecule has 0 aliphatic carbocycles. The molecule has 3 aromatic carbocycles. The average molecular weight is 382 g/mol. The molecule has 4 rings (SSSR count). The molecule has 4 aromatic rings. The molecule has 0 unspecified atom stereocenters. The molecule has 142 valence electrons. The van der Waals surface area contributed by atoms with Crippen LogP contribution in [-0.4, -0.2) is 26.5 Å². The number of nitrogens with zero attached hydrogens (tertiary/aromatic N) is 3. The third-order valence-electron chi connectivity index (χ3n) is 4.45. The van der Waals surface area contributed by atoms with Gasteiger partial charge in [0.25, 0.3) is 5.91 Å². The van der Waals surface area contributed by atoms with Gasteiger partial charge in [0.1, 0.15) is 12.7 Å². The fourth-order valence-corrected chi connectivity index (χ4v) is 2.96. The maximum atomic E-state index is 12.6. The normalized spacial score (nSPS) is 10.5. The monoisotopic (exact) mass is 382 g/mol. The van der Waals surface area contributed by atoms with Gasteiger partial charge in [-0.15, -0.1) is 0 Å². The minimum atomic E-state index is -0.235. The van der Waals surface area contributed by atoms with Crippen molar-refractivity contribution in [2.45, 2.75) is 6.54 Å². The van der Waals surface area contributed by atoms with E-state index in [1.807, 2.05) is 30.3 Å². The highest BCUT2D eigenvalue weighted by molar-refractivity contribution is 6.10. The second-order valence-electron chi connectivity index (χ2n) is 6.52. The first-order valence-corrected chi connectivity index (χ1v) is 9.11. The van der Waals surface area contributed by atoms with Crippen molar-refractivity contribution in [3.05, 3.63) is 114 Å². The van der Waals surface area contributed by atoms with Crippen molar-refractivity contribution >= 4 is 17.4 Å². The summed E-state index contributed by atoms with van der Waals surface area (Å²) in [5, 5.41) is 6.92. The molecule has 0 fully saturated rings. The van der Waals surface area contributed by atoms with Gasteiger partial charge in [0.2, 0.25) is 0 Å². The van der Waals surface area contributed by atoms with Gasteiger partial charge in [0.05, 0.1) is 6.54 Å². The number of nitrogens with one attached hydrogen (secondary N) is 1. The number of carbonyl (C=O) groups is 2. The lowest BCUT2D eigenvalue weighted by atomic mass is 10.0. The minimum absolute atomic E-state index is 0.0841. The lowest BCUT2D eigenvalue weighted by molar-refractivity contribution is 0.102. The summed E-state index contributed by atoms with van der Waals surface area (Å²) in [4.78, 5) is 29.1. The van der Waals surface area contributed by atoms with Gasteiger partial charge in [-0.3, -0.25) is 9.59 Å². The molecule has 0 atom stereocenters. The highest BCUT2D eigenvalue weighted by Crippen LogP contribution is 2.16. The molecule has 0 aliphatic heterocycles.